The second-order valence-electron chi connectivity index (χ2n) is 6.03. The van der Waals surface area contributed by atoms with Crippen LogP contribution in [0.1, 0.15) is 24.8 Å². The maximum atomic E-state index is 12.0. The van der Waals surface area contributed by atoms with Crippen molar-refractivity contribution >= 4 is 5.91 Å². The maximum absolute atomic E-state index is 12.0. The summed E-state index contributed by atoms with van der Waals surface area (Å²) in [5, 5.41) is 2.98. The molecule has 120 valence electrons. The number of carbonyl (C=O) groups excluding carboxylic acids is 1. The number of carbonyl (C=O) groups is 1. The molecule has 0 radical (unpaired) electrons. The van der Waals surface area contributed by atoms with Gasteiger partial charge < -0.3 is 10.1 Å². The van der Waals surface area contributed by atoms with Gasteiger partial charge in [0.1, 0.15) is 0 Å². The second-order valence-corrected chi connectivity index (χ2v) is 6.03. The van der Waals surface area contributed by atoms with Crippen LogP contribution in [0.25, 0.3) is 11.1 Å². The summed E-state index contributed by atoms with van der Waals surface area (Å²) in [5.41, 5.74) is 3.40. The van der Waals surface area contributed by atoms with E-state index >= 15 is 0 Å². The molecule has 1 heterocycles. The Bertz CT molecular complexity index is 616. The van der Waals surface area contributed by atoms with Crippen LogP contribution in [0.4, 0.5) is 0 Å². The molecule has 1 aliphatic heterocycles. The van der Waals surface area contributed by atoms with E-state index in [1.165, 1.54) is 17.5 Å². The van der Waals surface area contributed by atoms with Crippen molar-refractivity contribution in [1.82, 2.24) is 5.32 Å². The normalized spacial score (nSPS) is 17.7. The van der Waals surface area contributed by atoms with E-state index in [1.54, 1.807) is 0 Å². The van der Waals surface area contributed by atoms with Crippen molar-refractivity contribution < 1.29 is 9.53 Å². The van der Waals surface area contributed by atoms with Crippen LogP contribution >= 0.6 is 0 Å². The Labute approximate surface area is 137 Å². The summed E-state index contributed by atoms with van der Waals surface area (Å²) in [6, 6.07) is 18.5. The van der Waals surface area contributed by atoms with Gasteiger partial charge in [0.2, 0.25) is 5.91 Å². The van der Waals surface area contributed by atoms with Gasteiger partial charge in [-0.2, -0.15) is 0 Å². The summed E-state index contributed by atoms with van der Waals surface area (Å²) >= 11 is 0. The number of nitrogens with one attached hydrogen (secondary N) is 1. The van der Waals surface area contributed by atoms with Gasteiger partial charge in [-0.3, -0.25) is 4.79 Å². The van der Waals surface area contributed by atoms with E-state index < -0.39 is 0 Å². The lowest BCUT2D eigenvalue weighted by molar-refractivity contribution is -0.121. The summed E-state index contributed by atoms with van der Waals surface area (Å²) in [6.45, 7) is 1.45. The molecule has 0 aromatic heterocycles. The Morgan fingerprint density at radius 2 is 1.74 bits per heavy atom. The summed E-state index contributed by atoms with van der Waals surface area (Å²) in [6.07, 6.45) is 3.99. The van der Waals surface area contributed by atoms with Crippen molar-refractivity contribution in [2.75, 3.05) is 13.2 Å². The van der Waals surface area contributed by atoms with E-state index in [1.807, 2.05) is 30.3 Å². The molecular weight excluding hydrogens is 286 g/mol. The Morgan fingerprint density at radius 1 is 1.00 bits per heavy atom. The minimum atomic E-state index is 0.0617. The van der Waals surface area contributed by atoms with Crippen LogP contribution < -0.4 is 5.32 Å². The van der Waals surface area contributed by atoms with Crippen LogP contribution in [-0.2, 0) is 16.0 Å². The van der Waals surface area contributed by atoms with Gasteiger partial charge in [0.25, 0.3) is 0 Å². The first-order valence-corrected chi connectivity index (χ1v) is 8.34. The van der Waals surface area contributed by atoms with Crippen molar-refractivity contribution in [3.8, 4) is 11.1 Å². The van der Waals surface area contributed by atoms with Gasteiger partial charge >= 0.3 is 0 Å². The summed E-state index contributed by atoms with van der Waals surface area (Å²) in [5.74, 6) is 0.0617. The number of amides is 1. The van der Waals surface area contributed by atoms with Crippen molar-refractivity contribution in [1.29, 1.82) is 0 Å². The standard InChI is InChI=1S/C20H23NO2/c22-20(21-15-19-8-4-5-13-23-19)14-16-9-11-18(12-10-16)17-6-2-1-3-7-17/h1-3,6-7,9-12,19H,4-5,8,13-15H2,(H,21,22). The predicted molar refractivity (Wildman–Crippen MR) is 92.2 cm³/mol. The molecule has 0 aliphatic carbocycles. The van der Waals surface area contributed by atoms with E-state index in [4.69, 9.17) is 4.74 Å². The fourth-order valence-corrected chi connectivity index (χ4v) is 2.89. The zero-order valence-corrected chi connectivity index (χ0v) is 13.3. The van der Waals surface area contributed by atoms with Crippen molar-refractivity contribution in [3.63, 3.8) is 0 Å². The Hall–Kier alpha value is -2.13. The van der Waals surface area contributed by atoms with Gasteiger partial charge in [-0.05, 0) is 36.0 Å². The molecule has 0 saturated carbocycles. The van der Waals surface area contributed by atoms with Gasteiger partial charge in [-0.15, -0.1) is 0 Å². The number of hydrogen-bond donors (Lipinski definition) is 1. The molecule has 3 nitrogen and oxygen atoms in total. The highest BCUT2D eigenvalue weighted by molar-refractivity contribution is 5.78. The number of rotatable bonds is 5. The molecule has 0 spiro atoms. The molecule has 2 aromatic rings. The molecule has 23 heavy (non-hydrogen) atoms. The Balaban J connectivity index is 1.50. The smallest absolute Gasteiger partial charge is 0.224 e. The van der Waals surface area contributed by atoms with Crippen LogP contribution in [0.5, 0.6) is 0 Å². The van der Waals surface area contributed by atoms with Gasteiger partial charge in [-0.1, -0.05) is 54.6 Å². The summed E-state index contributed by atoms with van der Waals surface area (Å²) in [4.78, 5) is 12.0. The van der Waals surface area contributed by atoms with E-state index in [0.717, 1.165) is 25.0 Å². The van der Waals surface area contributed by atoms with Crippen molar-refractivity contribution in [2.24, 2.45) is 0 Å². The van der Waals surface area contributed by atoms with Crippen LogP contribution in [0.2, 0.25) is 0 Å². The fraction of sp³-hybridized carbons (Fsp3) is 0.350. The third-order valence-corrected chi connectivity index (χ3v) is 4.23. The highest BCUT2D eigenvalue weighted by Crippen LogP contribution is 2.19. The van der Waals surface area contributed by atoms with Crippen LogP contribution in [0.15, 0.2) is 54.6 Å². The third kappa shape index (κ3) is 4.67. The largest absolute Gasteiger partial charge is 0.376 e. The maximum Gasteiger partial charge on any atom is 0.224 e. The Morgan fingerprint density at radius 3 is 2.43 bits per heavy atom. The molecule has 0 bridgehead atoms. The molecule has 1 N–H and O–H groups in total. The monoisotopic (exact) mass is 309 g/mol. The highest BCUT2D eigenvalue weighted by atomic mass is 16.5. The van der Waals surface area contributed by atoms with Gasteiger partial charge in [-0.25, -0.2) is 0 Å². The van der Waals surface area contributed by atoms with Gasteiger partial charge in [0.15, 0.2) is 0 Å². The average molecular weight is 309 g/mol. The predicted octanol–water partition coefficient (Wildman–Crippen LogP) is 3.58. The van der Waals surface area contributed by atoms with E-state index in [0.29, 0.717) is 13.0 Å². The molecule has 1 fully saturated rings. The summed E-state index contributed by atoms with van der Waals surface area (Å²) < 4.78 is 5.63. The number of hydrogen-bond acceptors (Lipinski definition) is 2. The molecule has 1 saturated heterocycles. The van der Waals surface area contributed by atoms with E-state index in [-0.39, 0.29) is 12.0 Å². The lowest BCUT2D eigenvalue weighted by atomic mass is 10.0. The minimum absolute atomic E-state index is 0.0617. The molecule has 1 amide bonds. The van der Waals surface area contributed by atoms with Crippen LogP contribution in [0, 0.1) is 0 Å². The third-order valence-electron chi connectivity index (χ3n) is 4.23. The van der Waals surface area contributed by atoms with Gasteiger partial charge in [0.05, 0.1) is 12.5 Å². The topological polar surface area (TPSA) is 38.3 Å². The minimum Gasteiger partial charge on any atom is -0.376 e. The van der Waals surface area contributed by atoms with Crippen LogP contribution in [-0.4, -0.2) is 25.2 Å². The van der Waals surface area contributed by atoms with E-state index in [9.17, 15) is 4.79 Å². The van der Waals surface area contributed by atoms with E-state index in [2.05, 4.69) is 29.6 Å². The Kier molecular flexibility index (Phi) is 5.43. The SMILES string of the molecule is O=C(Cc1ccc(-c2ccccc2)cc1)NCC1CCCCO1. The average Bonchev–Trinajstić information content (AvgIpc) is 2.62. The first-order valence-electron chi connectivity index (χ1n) is 8.34. The van der Waals surface area contributed by atoms with Crippen molar-refractivity contribution in [2.45, 2.75) is 31.8 Å². The molecule has 1 unspecified atom stereocenters. The molecule has 3 rings (SSSR count). The zero-order chi connectivity index (χ0) is 15.9. The molecule has 2 aromatic carbocycles. The zero-order valence-electron chi connectivity index (χ0n) is 13.3. The number of ether oxygens (including phenoxy) is 1. The van der Waals surface area contributed by atoms with Crippen molar-refractivity contribution in [3.05, 3.63) is 60.2 Å². The lowest BCUT2D eigenvalue weighted by Gasteiger charge is -2.22. The molecular formula is C20H23NO2. The lowest BCUT2D eigenvalue weighted by Crippen LogP contribution is -2.36. The first kappa shape index (κ1) is 15.8. The highest BCUT2D eigenvalue weighted by Gasteiger charge is 2.14. The van der Waals surface area contributed by atoms with Crippen LogP contribution in [0.3, 0.4) is 0 Å². The molecule has 1 atom stereocenters. The molecule has 1 aliphatic rings. The first-order chi connectivity index (χ1) is 11.3. The van der Waals surface area contributed by atoms with Gasteiger partial charge in [0, 0.05) is 13.2 Å². The quantitative estimate of drug-likeness (QED) is 0.917. The molecule has 3 heteroatoms. The second kappa shape index (κ2) is 7.93. The fourth-order valence-electron chi connectivity index (χ4n) is 2.89. The summed E-state index contributed by atoms with van der Waals surface area (Å²) in [7, 11) is 0. The number of benzene rings is 2.